The van der Waals surface area contributed by atoms with Crippen LogP contribution in [0.3, 0.4) is 0 Å². The summed E-state index contributed by atoms with van der Waals surface area (Å²) in [4.78, 5) is 0. The Bertz CT molecular complexity index is 158. The fraction of sp³-hybridized carbons (Fsp3) is 1.00. The second-order valence-corrected chi connectivity index (χ2v) is 4.44. The van der Waals surface area contributed by atoms with Crippen LogP contribution in [0.1, 0.15) is 25.7 Å². The minimum absolute atomic E-state index is 0. The molecular weight excluding hydrogens is 267 g/mol. The van der Waals surface area contributed by atoms with Gasteiger partial charge in [-0.3, -0.25) is 4.39 Å². The molecule has 1 aliphatic heterocycles. The van der Waals surface area contributed by atoms with Crippen LogP contribution in [0.4, 0.5) is 4.39 Å². The largest absolute Gasteiger partial charge is 0.632 e. The van der Waals surface area contributed by atoms with Gasteiger partial charge in [-0.05, 0) is 58.5 Å². The SMILES string of the molecule is FC1CCNCCCNCCCNCCC[N-]1.[Ti]. The molecule has 1 saturated heterocycles. The monoisotopic (exact) mass is 293 g/mol. The van der Waals surface area contributed by atoms with Gasteiger partial charge in [0.1, 0.15) is 0 Å². The van der Waals surface area contributed by atoms with E-state index in [1.165, 1.54) is 0 Å². The molecule has 1 atom stereocenters. The fourth-order valence-corrected chi connectivity index (χ4v) is 1.80. The first kappa shape index (κ1) is 18.5. The quantitative estimate of drug-likeness (QED) is 0.461. The Morgan fingerprint density at radius 1 is 0.778 bits per heavy atom. The van der Waals surface area contributed by atoms with Crippen molar-refractivity contribution in [1.82, 2.24) is 16.0 Å². The molecule has 18 heavy (non-hydrogen) atoms. The van der Waals surface area contributed by atoms with Crippen LogP contribution in [-0.4, -0.2) is 52.1 Å². The van der Waals surface area contributed by atoms with Crippen LogP contribution < -0.4 is 16.0 Å². The summed E-state index contributed by atoms with van der Waals surface area (Å²) in [7, 11) is 0. The van der Waals surface area contributed by atoms with Crippen molar-refractivity contribution in [3.05, 3.63) is 5.32 Å². The van der Waals surface area contributed by atoms with Crippen LogP contribution in [0.25, 0.3) is 5.32 Å². The Kier molecular flexibility index (Phi) is 14.3. The number of alkyl halides is 1. The van der Waals surface area contributed by atoms with Crippen LogP contribution >= 0.6 is 0 Å². The normalized spacial score (nSPS) is 26.2. The van der Waals surface area contributed by atoms with Crippen LogP contribution in [0.5, 0.6) is 0 Å². The number of halogens is 1. The molecule has 0 aromatic carbocycles. The minimum Gasteiger partial charge on any atom is -0.632 e. The van der Waals surface area contributed by atoms with E-state index >= 15 is 0 Å². The van der Waals surface area contributed by atoms with Gasteiger partial charge in [0.2, 0.25) is 0 Å². The second-order valence-electron chi connectivity index (χ2n) is 4.44. The van der Waals surface area contributed by atoms with E-state index in [-0.39, 0.29) is 21.7 Å². The van der Waals surface area contributed by atoms with Gasteiger partial charge in [-0.1, -0.05) is 6.42 Å². The second kappa shape index (κ2) is 13.9. The molecule has 1 heterocycles. The standard InChI is InChI=1S/C12H26FN4.Ti/c13-12-4-11-16-8-2-7-14-5-1-6-15-9-3-10-17-12;/h12,14-16H,1-11H2;/q-1;. The first-order valence-corrected chi connectivity index (χ1v) is 6.82. The fourth-order valence-electron chi connectivity index (χ4n) is 1.80. The Morgan fingerprint density at radius 2 is 1.28 bits per heavy atom. The molecule has 3 N–H and O–H groups in total. The topological polar surface area (TPSA) is 50.2 Å². The molecule has 0 aliphatic carbocycles. The van der Waals surface area contributed by atoms with Gasteiger partial charge in [-0.25, -0.2) is 0 Å². The zero-order valence-corrected chi connectivity index (χ0v) is 12.7. The summed E-state index contributed by atoms with van der Waals surface area (Å²) < 4.78 is 13.3. The van der Waals surface area contributed by atoms with Crippen molar-refractivity contribution in [2.45, 2.75) is 32.0 Å². The smallest absolute Gasteiger partial charge is 0.0144 e. The van der Waals surface area contributed by atoms with Crippen LogP contribution in [0.2, 0.25) is 0 Å². The van der Waals surface area contributed by atoms with E-state index in [2.05, 4.69) is 21.3 Å². The van der Waals surface area contributed by atoms with Gasteiger partial charge in [0, 0.05) is 28.0 Å². The molecular formula is C12H26FN4Ti-. The first-order chi connectivity index (χ1) is 8.39. The molecule has 0 aromatic heterocycles. The maximum Gasteiger partial charge on any atom is 0.0144 e. The van der Waals surface area contributed by atoms with Gasteiger partial charge in [-0.15, -0.1) is 6.54 Å². The van der Waals surface area contributed by atoms with Gasteiger partial charge in [0.25, 0.3) is 0 Å². The van der Waals surface area contributed by atoms with Crippen molar-refractivity contribution in [1.29, 1.82) is 0 Å². The number of hydrogen-bond donors (Lipinski definition) is 3. The van der Waals surface area contributed by atoms with E-state index in [0.717, 1.165) is 58.5 Å². The van der Waals surface area contributed by atoms with Crippen molar-refractivity contribution in [2.75, 3.05) is 45.8 Å². The summed E-state index contributed by atoms with van der Waals surface area (Å²) in [6.45, 7) is 6.40. The zero-order chi connectivity index (χ0) is 12.2. The van der Waals surface area contributed by atoms with Crippen LogP contribution in [0.15, 0.2) is 0 Å². The molecule has 0 bridgehead atoms. The summed E-state index contributed by atoms with van der Waals surface area (Å²) in [6.07, 6.45) is 2.69. The van der Waals surface area contributed by atoms with Gasteiger partial charge in [-0.2, -0.15) is 0 Å². The summed E-state index contributed by atoms with van der Waals surface area (Å²) >= 11 is 0. The summed E-state index contributed by atoms with van der Waals surface area (Å²) in [6, 6.07) is 0. The summed E-state index contributed by atoms with van der Waals surface area (Å²) in [5, 5.41) is 14.0. The molecule has 1 rings (SSSR count). The third-order valence-electron chi connectivity index (χ3n) is 2.81. The first-order valence-electron chi connectivity index (χ1n) is 6.82. The molecule has 1 aliphatic rings. The maximum absolute atomic E-state index is 13.3. The molecule has 0 radical (unpaired) electrons. The third-order valence-corrected chi connectivity index (χ3v) is 2.81. The van der Waals surface area contributed by atoms with E-state index in [1.807, 2.05) is 0 Å². The van der Waals surface area contributed by atoms with Crippen molar-refractivity contribution in [3.63, 3.8) is 0 Å². The average Bonchev–Trinajstić information content (AvgIpc) is 2.32. The van der Waals surface area contributed by atoms with Crippen LogP contribution in [-0.2, 0) is 21.7 Å². The number of rotatable bonds is 0. The predicted octanol–water partition coefficient (Wildman–Crippen LogP) is 0.996. The van der Waals surface area contributed by atoms with E-state index in [0.29, 0.717) is 13.0 Å². The summed E-state index contributed by atoms with van der Waals surface area (Å²) in [5.74, 6) is 0. The van der Waals surface area contributed by atoms with Gasteiger partial charge in [0.15, 0.2) is 0 Å². The van der Waals surface area contributed by atoms with E-state index in [1.54, 1.807) is 0 Å². The number of hydrogen-bond acceptors (Lipinski definition) is 3. The molecule has 106 valence electrons. The van der Waals surface area contributed by atoms with E-state index in [9.17, 15) is 4.39 Å². The Hall–Kier alpha value is 0.484. The van der Waals surface area contributed by atoms with Crippen molar-refractivity contribution >= 4 is 0 Å². The molecule has 1 unspecified atom stereocenters. The van der Waals surface area contributed by atoms with Gasteiger partial charge < -0.3 is 21.3 Å². The number of nitrogens with zero attached hydrogens (tertiary/aromatic N) is 1. The number of nitrogens with one attached hydrogen (secondary N) is 3. The molecule has 0 saturated carbocycles. The molecule has 0 spiro atoms. The molecule has 0 amide bonds. The Balaban J connectivity index is 0.00000289. The van der Waals surface area contributed by atoms with Gasteiger partial charge >= 0.3 is 0 Å². The van der Waals surface area contributed by atoms with Crippen molar-refractivity contribution < 1.29 is 26.1 Å². The van der Waals surface area contributed by atoms with Crippen LogP contribution in [0, 0.1) is 0 Å². The molecule has 1 fully saturated rings. The molecule has 4 nitrogen and oxygen atoms in total. The predicted molar refractivity (Wildman–Crippen MR) is 70.2 cm³/mol. The van der Waals surface area contributed by atoms with E-state index < -0.39 is 6.30 Å². The van der Waals surface area contributed by atoms with Crippen molar-refractivity contribution in [3.8, 4) is 0 Å². The molecule has 0 aromatic rings. The maximum atomic E-state index is 13.3. The third kappa shape index (κ3) is 11.6. The molecule has 6 heteroatoms. The average molecular weight is 293 g/mol. The van der Waals surface area contributed by atoms with Gasteiger partial charge in [0.05, 0.1) is 0 Å². The summed E-state index contributed by atoms with van der Waals surface area (Å²) in [5.41, 5.74) is 0. The Labute approximate surface area is 125 Å². The minimum atomic E-state index is -0.992. The van der Waals surface area contributed by atoms with Crippen molar-refractivity contribution in [2.24, 2.45) is 0 Å². The van der Waals surface area contributed by atoms with E-state index in [4.69, 9.17) is 0 Å². The zero-order valence-electron chi connectivity index (χ0n) is 11.2. The Morgan fingerprint density at radius 3 is 1.89 bits per heavy atom.